The van der Waals surface area contributed by atoms with E-state index < -0.39 is 0 Å². The molecule has 0 radical (unpaired) electrons. The van der Waals surface area contributed by atoms with E-state index in [4.69, 9.17) is 4.74 Å². The highest BCUT2D eigenvalue weighted by Crippen LogP contribution is 2.52. The van der Waals surface area contributed by atoms with Gasteiger partial charge in [-0.25, -0.2) is 0 Å². The fraction of sp³-hybridized carbons (Fsp3) is 0.625. The Morgan fingerprint density at radius 1 is 1.26 bits per heavy atom. The second-order valence-corrected chi connectivity index (χ2v) is 6.17. The third-order valence-electron chi connectivity index (χ3n) is 4.96. The normalized spacial score (nSPS) is 24.7. The SMILES string of the molecule is COc1ccc2c(c1)C1(CCNCC1)CC2N(C)C. The molecule has 1 spiro atoms. The first-order valence-electron chi connectivity index (χ1n) is 7.22. The van der Waals surface area contributed by atoms with E-state index in [1.807, 2.05) is 0 Å². The number of fused-ring (bicyclic) bond motifs is 2. The smallest absolute Gasteiger partial charge is 0.119 e. The Bertz CT molecular complexity index is 464. The van der Waals surface area contributed by atoms with Gasteiger partial charge in [0.15, 0.2) is 0 Å². The quantitative estimate of drug-likeness (QED) is 0.883. The molecule has 104 valence electrons. The molecule has 1 aromatic rings. The van der Waals surface area contributed by atoms with Gasteiger partial charge < -0.3 is 15.0 Å². The molecule has 19 heavy (non-hydrogen) atoms. The van der Waals surface area contributed by atoms with Gasteiger partial charge in [-0.2, -0.15) is 0 Å². The zero-order valence-corrected chi connectivity index (χ0v) is 12.2. The molecule has 0 saturated carbocycles. The summed E-state index contributed by atoms with van der Waals surface area (Å²) < 4.78 is 5.44. The lowest BCUT2D eigenvalue weighted by Crippen LogP contribution is -2.39. The molecule has 1 heterocycles. The van der Waals surface area contributed by atoms with E-state index in [-0.39, 0.29) is 0 Å². The third kappa shape index (κ3) is 2.05. The number of nitrogens with zero attached hydrogens (tertiary/aromatic N) is 1. The molecular weight excluding hydrogens is 236 g/mol. The third-order valence-corrected chi connectivity index (χ3v) is 4.96. The number of nitrogens with one attached hydrogen (secondary N) is 1. The van der Waals surface area contributed by atoms with Gasteiger partial charge in [0.2, 0.25) is 0 Å². The lowest BCUT2D eigenvalue weighted by atomic mass is 9.74. The van der Waals surface area contributed by atoms with Crippen LogP contribution in [0.4, 0.5) is 0 Å². The Labute approximate surface area is 115 Å². The monoisotopic (exact) mass is 260 g/mol. The highest BCUT2D eigenvalue weighted by atomic mass is 16.5. The molecule has 2 aliphatic rings. The minimum atomic E-state index is 0.365. The van der Waals surface area contributed by atoms with E-state index in [0.717, 1.165) is 18.8 Å². The summed E-state index contributed by atoms with van der Waals surface area (Å²) in [6, 6.07) is 7.22. The largest absolute Gasteiger partial charge is 0.497 e. The summed E-state index contributed by atoms with van der Waals surface area (Å²) in [4.78, 5) is 2.36. The van der Waals surface area contributed by atoms with E-state index in [9.17, 15) is 0 Å². The molecule has 0 amide bonds. The minimum absolute atomic E-state index is 0.365. The average molecular weight is 260 g/mol. The minimum Gasteiger partial charge on any atom is -0.497 e. The molecule has 1 aliphatic carbocycles. The highest BCUT2D eigenvalue weighted by Gasteiger charge is 2.45. The second-order valence-electron chi connectivity index (χ2n) is 6.17. The number of hydrogen-bond donors (Lipinski definition) is 1. The maximum Gasteiger partial charge on any atom is 0.119 e. The van der Waals surface area contributed by atoms with Gasteiger partial charge in [0.25, 0.3) is 0 Å². The number of hydrogen-bond acceptors (Lipinski definition) is 3. The van der Waals surface area contributed by atoms with Crippen molar-refractivity contribution in [1.82, 2.24) is 10.2 Å². The number of piperidine rings is 1. The topological polar surface area (TPSA) is 24.5 Å². The van der Waals surface area contributed by atoms with Gasteiger partial charge in [-0.05, 0) is 75.1 Å². The van der Waals surface area contributed by atoms with Crippen LogP contribution in [0.25, 0.3) is 0 Å². The van der Waals surface area contributed by atoms with E-state index in [1.54, 1.807) is 7.11 Å². The van der Waals surface area contributed by atoms with Crippen LogP contribution in [-0.4, -0.2) is 39.2 Å². The Morgan fingerprint density at radius 3 is 2.63 bits per heavy atom. The van der Waals surface area contributed by atoms with Crippen molar-refractivity contribution in [2.75, 3.05) is 34.3 Å². The van der Waals surface area contributed by atoms with Crippen LogP contribution in [0.1, 0.15) is 36.4 Å². The van der Waals surface area contributed by atoms with Gasteiger partial charge in [-0.3, -0.25) is 0 Å². The Hall–Kier alpha value is -1.06. The van der Waals surface area contributed by atoms with Gasteiger partial charge >= 0.3 is 0 Å². The highest BCUT2D eigenvalue weighted by molar-refractivity contribution is 5.47. The average Bonchev–Trinajstić information content (AvgIpc) is 2.74. The van der Waals surface area contributed by atoms with Crippen molar-refractivity contribution in [3.63, 3.8) is 0 Å². The lowest BCUT2D eigenvalue weighted by molar-refractivity contribution is 0.223. The molecule has 1 atom stereocenters. The van der Waals surface area contributed by atoms with Crippen LogP contribution in [0.3, 0.4) is 0 Å². The number of benzene rings is 1. The van der Waals surface area contributed by atoms with Gasteiger partial charge in [-0.15, -0.1) is 0 Å². The first-order valence-corrected chi connectivity index (χ1v) is 7.22. The van der Waals surface area contributed by atoms with Crippen molar-refractivity contribution in [3.8, 4) is 5.75 Å². The maximum absolute atomic E-state index is 5.44. The molecule has 1 unspecified atom stereocenters. The molecule has 3 rings (SSSR count). The molecule has 3 heteroatoms. The van der Waals surface area contributed by atoms with Crippen molar-refractivity contribution in [2.45, 2.75) is 30.7 Å². The zero-order valence-electron chi connectivity index (χ0n) is 12.2. The molecule has 0 aromatic heterocycles. The Kier molecular flexibility index (Phi) is 3.27. The van der Waals surface area contributed by atoms with E-state index in [0.29, 0.717) is 11.5 Å². The van der Waals surface area contributed by atoms with Crippen LogP contribution < -0.4 is 10.1 Å². The first kappa shape index (κ1) is 12.9. The number of rotatable bonds is 2. The molecule has 3 nitrogen and oxygen atoms in total. The van der Waals surface area contributed by atoms with Crippen LogP contribution in [0.5, 0.6) is 5.75 Å². The van der Waals surface area contributed by atoms with E-state index in [1.165, 1.54) is 30.4 Å². The van der Waals surface area contributed by atoms with Crippen molar-refractivity contribution >= 4 is 0 Å². The van der Waals surface area contributed by atoms with E-state index >= 15 is 0 Å². The van der Waals surface area contributed by atoms with Gasteiger partial charge in [0.1, 0.15) is 5.75 Å². The van der Waals surface area contributed by atoms with Crippen molar-refractivity contribution < 1.29 is 4.74 Å². The Morgan fingerprint density at radius 2 is 2.00 bits per heavy atom. The van der Waals surface area contributed by atoms with Crippen molar-refractivity contribution in [3.05, 3.63) is 29.3 Å². The molecule has 1 aromatic carbocycles. The van der Waals surface area contributed by atoms with Gasteiger partial charge in [-0.1, -0.05) is 6.07 Å². The number of methoxy groups -OCH3 is 1. The predicted molar refractivity (Wildman–Crippen MR) is 77.8 cm³/mol. The summed E-state index contributed by atoms with van der Waals surface area (Å²) >= 11 is 0. The molecular formula is C16H24N2O. The molecule has 1 saturated heterocycles. The molecule has 1 N–H and O–H groups in total. The first-order chi connectivity index (χ1) is 9.16. The lowest BCUT2D eigenvalue weighted by Gasteiger charge is -2.35. The second kappa shape index (κ2) is 4.80. The fourth-order valence-electron chi connectivity index (χ4n) is 3.84. The maximum atomic E-state index is 5.44. The summed E-state index contributed by atoms with van der Waals surface area (Å²) in [6.07, 6.45) is 3.75. The van der Waals surface area contributed by atoms with Crippen LogP contribution in [0.15, 0.2) is 18.2 Å². The summed E-state index contributed by atoms with van der Waals surface area (Å²) in [5.41, 5.74) is 3.41. The summed E-state index contributed by atoms with van der Waals surface area (Å²) in [7, 11) is 6.15. The van der Waals surface area contributed by atoms with Crippen LogP contribution in [0, 0.1) is 0 Å². The molecule has 0 bridgehead atoms. The van der Waals surface area contributed by atoms with Crippen LogP contribution in [0.2, 0.25) is 0 Å². The Balaban J connectivity index is 2.06. The molecule has 1 fully saturated rings. The predicted octanol–water partition coefficient (Wildman–Crippen LogP) is 2.32. The van der Waals surface area contributed by atoms with E-state index in [2.05, 4.69) is 42.5 Å². The summed E-state index contributed by atoms with van der Waals surface area (Å²) in [6.45, 7) is 2.27. The fourth-order valence-corrected chi connectivity index (χ4v) is 3.84. The van der Waals surface area contributed by atoms with Crippen molar-refractivity contribution in [2.24, 2.45) is 0 Å². The van der Waals surface area contributed by atoms with Crippen LogP contribution in [-0.2, 0) is 5.41 Å². The van der Waals surface area contributed by atoms with Crippen molar-refractivity contribution in [1.29, 1.82) is 0 Å². The number of ether oxygens (including phenoxy) is 1. The summed E-state index contributed by atoms with van der Waals surface area (Å²) in [5, 5.41) is 3.49. The van der Waals surface area contributed by atoms with Gasteiger partial charge in [0, 0.05) is 6.04 Å². The summed E-state index contributed by atoms with van der Waals surface area (Å²) in [5.74, 6) is 0.996. The van der Waals surface area contributed by atoms with Gasteiger partial charge in [0.05, 0.1) is 7.11 Å². The standard InChI is InChI=1S/C16H24N2O/c1-18(2)15-11-16(6-8-17-9-7-16)14-10-12(19-3)4-5-13(14)15/h4-5,10,15,17H,6-9,11H2,1-3H3. The molecule has 1 aliphatic heterocycles. The van der Waals surface area contributed by atoms with Crippen LogP contribution >= 0.6 is 0 Å². The zero-order chi connectivity index (χ0) is 13.5.